The van der Waals surface area contributed by atoms with Crippen LogP contribution in [0.15, 0.2) is 41.8 Å². The number of nitrogens with one attached hydrogen (secondary N) is 1. The van der Waals surface area contributed by atoms with Crippen molar-refractivity contribution in [2.24, 2.45) is 0 Å². The maximum Gasteiger partial charge on any atom is 0.264 e. The van der Waals surface area contributed by atoms with Gasteiger partial charge < -0.3 is 15.1 Å². The summed E-state index contributed by atoms with van der Waals surface area (Å²) in [7, 11) is 1.63. The molecule has 0 spiro atoms. The summed E-state index contributed by atoms with van der Waals surface area (Å²) in [4.78, 5) is 41.0. The first kappa shape index (κ1) is 20.1. The summed E-state index contributed by atoms with van der Waals surface area (Å²) in [5, 5.41) is 4.83. The lowest BCUT2D eigenvalue weighted by Gasteiger charge is -2.32. The highest BCUT2D eigenvalue weighted by Crippen LogP contribution is 2.15. The Hall–Kier alpha value is -2.67. The van der Waals surface area contributed by atoms with E-state index in [-0.39, 0.29) is 30.3 Å². The molecule has 0 aliphatic carbocycles. The lowest BCUT2D eigenvalue weighted by atomic mass is 10.0. The fourth-order valence-electron chi connectivity index (χ4n) is 3.25. The Kier molecular flexibility index (Phi) is 6.46. The van der Waals surface area contributed by atoms with Crippen molar-refractivity contribution in [1.29, 1.82) is 0 Å². The minimum Gasteiger partial charge on any atom is -0.352 e. The smallest absolute Gasteiger partial charge is 0.264 e. The molecule has 0 atom stereocenters. The van der Waals surface area contributed by atoms with Crippen LogP contribution in [-0.2, 0) is 4.79 Å². The van der Waals surface area contributed by atoms with E-state index in [1.165, 1.54) is 16.2 Å². The minimum atomic E-state index is -0.171. The number of likely N-dealkylation sites (N-methyl/N-ethyl adjacent to an activating group) is 1. The van der Waals surface area contributed by atoms with E-state index in [9.17, 15) is 14.4 Å². The van der Waals surface area contributed by atoms with Gasteiger partial charge in [0.25, 0.3) is 11.8 Å². The molecule has 1 aromatic heterocycles. The second-order valence-corrected chi connectivity index (χ2v) is 8.09. The van der Waals surface area contributed by atoms with Gasteiger partial charge in [-0.2, -0.15) is 0 Å². The standard InChI is InChI=1S/C21H25N3O3S/c1-15-5-7-16(8-6-15)20(26)24-11-9-17(10-12-24)22-19(25)14-23(2)21(27)18-4-3-13-28-18/h3-8,13,17H,9-12,14H2,1-2H3,(H,22,25). The van der Waals surface area contributed by atoms with Gasteiger partial charge in [-0.1, -0.05) is 23.8 Å². The zero-order valence-corrected chi connectivity index (χ0v) is 17.0. The van der Waals surface area contributed by atoms with Crippen molar-refractivity contribution in [2.45, 2.75) is 25.8 Å². The van der Waals surface area contributed by atoms with Crippen LogP contribution in [0.1, 0.15) is 38.4 Å². The third-order valence-electron chi connectivity index (χ3n) is 4.91. The van der Waals surface area contributed by atoms with Crippen molar-refractivity contribution in [3.8, 4) is 0 Å². The SMILES string of the molecule is Cc1ccc(C(=O)N2CCC(NC(=O)CN(C)C(=O)c3cccs3)CC2)cc1. The molecule has 3 amide bonds. The predicted octanol–water partition coefficient (Wildman–Crippen LogP) is 2.55. The van der Waals surface area contributed by atoms with Crippen molar-refractivity contribution >= 4 is 29.1 Å². The van der Waals surface area contributed by atoms with Gasteiger partial charge in [0.05, 0.1) is 11.4 Å². The molecule has 1 fully saturated rings. The van der Waals surface area contributed by atoms with Crippen molar-refractivity contribution in [2.75, 3.05) is 26.7 Å². The number of amides is 3. The minimum absolute atomic E-state index is 0.0270. The number of piperidine rings is 1. The molecule has 148 valence electrons. The average Bonchev–Trinajstić information content (AvgIpc) is 3.22. The third kappa shape index (κ3) is 4.98. The van der Waals surface area contributed by atoms with Crippen molar-refractivity contribution in [3.05, 3.63) is 57.8 Å². The van der Waals surface area contributed by atoms with Crippen LogP contribution in [-0.4, -0.2) is 60.2 Å². The van der Waals surface area contributed by atoms with Gasteiger partial charge in [0.15, 0.2) is 0 Å². The van der Waals surface area contributed by atoms with Gasteiger partial charge in [-0.3, -0.25) is 14.4 Å². The Morgan fingerprint density at radius 1 is 1.14 bits per heavy atom. The molecule has 0 bridgehead atoms. The maximum absolute atomic E-state index is 12.6. The molecule has 2 heterocycles. The van der Waals surface area contributed by atoms with Crippen LogP contribution in [0.2, 0.25) is 0 Å². The van der Waals surface area contributed by atoms with Gasteiger partial charge in [-0.05, 0) is 43.3 Å². The van der Waals surface area contributed by atoms with Crippen LogP contribution in [0.3, 0.4) is 0 Å². The molecule has 7 heteroatoms. The molecule has 0 unspecified atom stereocenters. The highest BCUT2D eigenvalue weighted by Gasteiger charge is 2.25. The summed E-state index contributed by atoms with van der Waals surface area (Å²) < 4.78 is 0. The molecule has 1 aliphatic rings. The lowest BCUT2D eigenvalue weighted by molar-refractivity contribution is -0.122. The lowest BCUT2D eigenvalue weighted by Crippen LogP contribution is -2.48. The van der Waals surface area contributed by atoms with Crippen LogP contribution in [0.4, 0.5) is 0 Å². The highest BCUT2D eigenvalue weighted by atomic mass is 32.1. The van der Waals surface area contributed by atoms with E-state index in [4.69, 9.17) is 0 Å². The number of hydrogen-bond donors (Lipinski definition) is 1. The number of hydrogen-bond acceptors (Lipinski definition) is 4. The first-order valence-electron chi connectivity index (χ1n) is 9.38. The van der Waals surface area contributed by atoms with Gasteiger partial charge in [0, 0.05) is 31.7 Å². The van der Waals surface area contributed by atoms with Crippen molar-refractivity contribution in [1.82, 2.24) is 15.1 Å². The van der Waals surface area contributed by atoms with E-state index < -0.39 is 0 Å². The van der Waals surface area contributed by atoms with E-state index in [1.54, 1.807) is 13.1 Å². The van der Waals surface area contributed by atoms with Gasteiger partial charge in [-0.15, -0.1) is 11.3 Å². The molecular weight excluding hydrogens is 374 g/mol. The van der Waals surface area contributed by atoms with E-state index in [0.29, 0.717) is 36.4 Å². The molecule has 3 rings (SSSR count). The largest absolute Gasteiger partial charge is 0.352 e. The zero-order valence-electron chi connectivity index (χ0n) is 16.2. The van der Waals surface area contributed by atoms with E-state index in [1.807, 2.05) is 47.5 Å². The van der Waals surface area contributed by atoms with E-state index in [2.05, 4.69) is 5.32 Å². The van der Waals surface area contributed by atoms with Crippen LogP contribution >= 0.6 is 11.3 Å². The van der Waals surface area contributed by atoms with Gasteiger partial charge >= 0.3 is 0 Å². The summed E-state index contributed by atoms with van der Waals surface area (Å²) in [5.41, 5.74) is 1.82. The molecule has 1 aliphatic heterocycles. The number of carbonyl (C=O) groups excluding carboxylic acids is 3. The van der Waals surface area contributed by atoms with Crippen LogP contribution in [0.25, 0.3) is 0 Å². The molecule has 1 aromatic carbocycles. The Balaban J connectivity index is 1.44. The fourth-order valence-corrected chi connectivity index (χ4v) is 3.97. The maximum atomic E-state index is 12.6. The number of benzene rings is 1. The second-order valence-electron chi connectivity index (χ2n) is 7.14. The second kappa shape index (κ2) is 9.01. The molecule has 1 saturated heterocycles. The Morgan fingerprint density at radius 2 is 1.82 bits per heavy atom. The first-order valence-corrected chi connectivity index (χ1v) is 10.3. The van der Waals surface area contributed by atoms with E-state index in [0.717, 1.165) is 5.56 Å². The molecule has 1 N–H and O–H groups in total. The van der Waals surface area contributed by atoms with Crippen molar-refractivity contribution < 1.29 is 14.4 Å². The average molecular weight is 400 g/mol. The molecule has 2 aromatic rings. The topological polar surface area (TPSA) is 69.7 Å². The number of thiophene rings is 1. The number of carbonyl (C=O) groups is 3. The molecular formula is C21H25N3O3S. The van der Waals surface area contributed by atoms with Crippen LogP contribution < -0.4 is 5.32 Å². The predicted molar refractivity (Wildman–Crippen MR) is 110 cm³/mol. The number of rotatable bonds is 5. The summed E-state index contributed by atoms with van der Waals surface area (Å²) in [6.45, 7) is 3.25. The summed E-state index contributed by atoms with van der Waals surface area (Å²) in [5.74, 6) is -0.287. The summed E-state index contributed by atoms with van der Waals surface area (Å²) in [6.07, 6.45) is 1.43. The summed E-state index contributed by atoms with van der Waals surface area (Å²) >= 11 is 1.36. The molecule has 0 radical (unpaired) electrons. The number of likely N-dealkylation sites (tertiary alicyclic amines) is 1. The zero-order chi connectivity index (χ0) is 20.1. The van der Waals surface area contributed by atoms with Gasteiger partial charge in [0.2, 0.25) is 5.91 Å². The van der Waals surface area contributed by atoms with Gasteiger partial charge in [0.1, 0.15) is 0 Å². The normalized spacial score (nSPS) is 14.6. The quantitative estimate of drug-likeness (QED) is 0.840. The Labute approximate surface area is 169 Å². The van der Waals surface area contributed by atoms with Crippen molar-refractivity contribution in [3.63, 3.8) is 0 Å². The highest BCUT2D eigenvalue weighted by molar-refractivity contribution is 7.12. The van der Waals surface area contributed by atoms with Gasteiger partial charge in [-0.25, -0.2) is 0 Å². The number of aryl methyl sites for hydroxylation is 1. The summed E-state index contributed by atoms with van der Waals surface area (Å²) in [6, 6.07) is 11.2. The Bertz CT molecular complexity index is 825. The Morgan fingerprint density at radius 3 is 2.43 bits per heavy atom. The third-order valence-corrected chi connectivity index (χ3v) is 5.76. The van der Waals surface area contributed by atoms with E-state index >= 15 is 0 Å². The fraction of sp³-hybridized carbons (Fsp3) is 0.381. The monoisotopic (exact) mass is 399 g/mol. The van der Waals surface area contributed by atoms with Crippen LogP contribution in [0.5, 0.6) is 0 Å². The molecule has 6 nitrogen and oxygen atoms in total. The van der Waals surface area contributed by atoms with Crippen LogP contribution in [0, 0.1) is 6.92 Å². The molecule has 28 heavy (non-hydrogen) atoms. The number of nitrogens with zero attached hydrogens (tertiary/aromatic N) is 2. The molecule has 0 saturated carbocycles. The first-order chi connectivity index (χ1) is 13.4.